The summed E-state index contributed by atoms with van der Waals surface area (Å²) in [4.78, 5) is 2.44. The molecule has 5 nitrogen and oxygen atoms in total. The number of nitrogens with one attached hydrogen (secondary N) is 1. The summed E-state index contributed by atoms with van der Waals surface area (Å²) in [6.45, 7) is 7.09. The van der Waals surface area contributed by atoms with Crippen molar-refractivity contribution >= 4 is 10.0 Å². The standard InChI is InChI=1S/C14H24N2O3S/c1-3-10-16(4-2)11-9-15-20(18,19)14-7-5-13(12-17)6-8-14/h5-8,15,17H,3-4,9-12H2,1-2H3. The van der Waals surface area contributed by atoms with Gasteiger partial charge in [-0.2, -0.15) is 0 Å². The molecule has 0 spiro atoms. The van der Waals surface area contributed by atoms with Crippen LogP contribution in [-0.2, 0) is 16.6 Å². The molecule has 0 unspecified atom stereocenters. The van der Waals surface area contributed by atoms with Gasteiger partial charge in [0.15, 0.2) is 0 Å². The van der Waals surface area contributed by atoms with Crippen LogP contribution in [0.2, 0.25) is 0 Å². The average Bonchev–Trinajstić information content (AvgIpc) is 2.46. The molecule has 2 N–H and O–H groups in total. The molecular weight excluding hydrogens is 276 g/mol. The second kappa shape index (κ2) is 8.36. The largest absolute Gasteiger partial charge is 0.392 e. The van der Waals surface area contributed by atoms with Gasteiger partial charge in [-0.3, -0.25) is 0 Å². The van der Waals surface area contributed by atoms with E-state index >= 15 is 0 Å². The molecule has 0 bridgehead atoms. The average molecular weight is 300 g/mol. The lowest BCUT2D eigenvalue weighted by atomic mass is 10.2. The van der Waals surface area contributed by atoms with Crippen molar-refractivity contribution in [2.45, 2.75) is 31.8 Å². The fraction of sp³-hybridized carbons (Fsp3) is 0.571. The van der Waals surface area contributed by atoms with Crippen molar-refractivity contribution in [1.82, 2.24) is 9.62 Å². The predicted molar refractivity (Wildman–Crippen MR) is 80.0 cm³/mol. The third kappa shape index (κ3) is 5.20. The van der Waals surface area contributed by atoms with Gasteiger partial charge >= 0.3 is 0 Å². The van der Waals surface area contributed by atoms with Crippen LogP contribution in [0.25, 0.3) is 0 Å². The Hall–Kier alpha value is -0.950. The summed E-state index contributed by atoms with van der Waals surface area (Å²) < 4.78 is 26.7. The summed E-state index contributed by atoms with van der Waals surface area (Å²) in [6, 6.07) is 6.25. The molecule has 0 fully saturated rings. The van der Waals surface area contributed by atoms with Gasteiger partial charge in [-0.25, -0.2) is 13.1 Å². The van der Waals surface area contributed by atoms with Crippen molar-refractivity contribution in [3.05, 3.63) is 29.8 Å². The molecule has 0 aliphatic carbocycles. The van der Waals surface area contributed by atoms with Crippen LogP contribution in [0.15, 0.2) is 29.2 Å². The fourth-order valence-corrected chi connectivity index (χ4v) is 2.96. The first kappa shape index (κ1) is 17.1. The van der Waals surface area contributed by atoms with Crippen molar-refractivity contribution in [2.24, 2.45) is 0 Å². The Labute approximate surface area is 121 Å². The van der Waals surface area contributed by atoms with E-state index in [2.05, 4.69) is 23.5 Å². The molecule has 0 saturated heterocycles. The predicted octanol–water partition coefficient (Wildman–Crippen LogP) is 1.19. The van der Waals surface area contributed by atoms with Crippen molar-refractivity contribution in [3.63, 3.8) is 0 Å². The molecule has 6 heteroatoms. The first-order valence-corrected chi connectivity index (χ1v) is 8.43. The van der Waals surface area contributed by atoms with Crippen molar-refractivity contribution in [3.8, 4) is 0 Å². The minimum atomic E-state index is -3.46. The Kier molecular flexibility index (Phi) is 7.15. The summed E-state index contributed by atoms with van der Waals surface area (Å²) in [5, 5.41) is 8.94. The Bertz CT molecular complexity index is 486. The summed E-state index contributed by atoms with van der Waals surface area (Å²) in [5.41, 5.74) is 0.698. The van der Waals surface area contributed by atoms with E-state index in [1.54, 1.807) is 12.1 Å². The fourth-order valence-electron chi connectivity index (χ4n) is 1.94. The monoisotopic (exact) mass is 300 g/mol. The SMILES string of the molecule is CCCN(CC)CCNS(=O)(=O)c1ccc(CO)cc1. The number of hydrogen-bond donors (Lipinski definition) is 2. The summed E-state index contributed by atoms with van der Waals surface area (Å²) in [6.07, 6.45) is 1.06. The lowest BCUT2D eigenvalue weighted by molar-refractivity contribution is 0.281. The zero-order valence-electron chi connectivity index (χ0n) is 12.2. The van der Waals surface area contributed by atoms with E-state index in [9.17, 15) is 8.42 Å². The molecule has 114 valence electrons. The van der Waals surface area contributed by atoms with Crippen LogP contribution in [-0.4, -0.2) is 44.6 Å². The third-order valence-corrected chi connectivity index (χ3v) is 4.60. The molecule has 0 amide bonds. The number of aliphatic hydroxyl groups is 1. The van der Waals surface area contributed by atoms with Gasteiger partial charge in [-0.15, -0.1) is 0 Å². The quantitative estimate of drug-likeness (QED) is 0.719. The van der Waals surface area contributed by atoms with Crippen molar-refractivity contribution in [2.75, 3.05) is 26.2 Å². The van der Waals surface area contributed by atoms with Crippen LogP contribution >= 0.6 is 0 Å². The molecular formula is C14H24N2O3S. The molecule has 1 aromatic rings. The smallest absolute Gasteiger partial charge is 0.240 e. The van der Waals surface area contributed by atoms with Crippen LogP contribution in [0.4, 0.5) is 0 Å². The first-order chi connectivity index (χ1) is 9.53. The molecule has 0 aliphatic rings. The maximum atomic E-state index is 12.1. The highest BCUT2D eigenvalue weighted by Gasteiger charge is 2.13. The van der Waals surface area contributed by atoms with E-state index in [-0.39, 0.29) is 11.5 Å². The van der Waals surface area contributed by atoms with E-state index in [0.717, 1.165) is 19.5 Å². The van der Waals surface area contributed by atoms with Crippen molar-refractivity contribution < 1.29 is 13.5 Å². The lowest BCUT2D eigenvalue weighted by Crippen LogP contribution is -2.35. The maximum absolute atomic E-state index is 12.1. The van der Waals surface area contributed by atoms with Gasteiger partial charge in [-0.05, 0) is 37.2 Å². The van der Waals surface area contributed by atoms with Crippen LogP contribution in [0.1, 0.15) is 25.8 Å². The highest BCUT2D eigenvalue weighted by molar-refractivity contribution is 7.89. The third-order valence-electron chi connectivity index (χ3n) is 3.12. The van der Waals surface area contributed by atoms with Crippen LogP contribution in [0, 0.1) is 0 Å². The van der Waals surface area contributed by atoms with Gasteiger partial charge in [0.2, 0.25) is 10.0 Å². The van der Waals surface area contributed by atoms with E-state index in [1.165, 1.54) is 12.1 Å². The van der Waals surface area contributed by atoms with Gasteiger partial charge in [0.25, 0.3) is 0 Å². The zero-order valence-corrected chi connectivity index (χ0v) is 13.0. The number of benzene rings is 1. The molecule has 1 aromatic carbocycles. The number of rotatable bonds is 9. The number of nitrogens with zero attached hydrogens (tertiary/aromatic N) is 1. The van der Waals surface area contributed by atoms with Gasteiger partial charge in [0, 0.05) is 13.1 Å². The minimum Gasteiger partial charge on any atom is -0.392 e. The lowest BCUT2D eigenvalue weighted by Gasteiger charge is -2.19. The van der Waals surface area contributed by atoms with Gasteiger partial charge in [0.05, 0.1) is 11.5 Å². The molecule has 0 heterocycles. The second-order valence-electron chi connectivity index (χ2n) is 4.63. The normalized spacial score (nSPS) is 12.0. The summed E-state index contributed by atoms with van der Waals surface area (Å²) in [5.74, 6) is 0. The Morgan fingerprint density at radius 3 is 2.30 bits per heavy atom. The van der Waals surface area contributed by atoms with Gasteiger partial charge in [0.1, 0.15) is 0 Å². The minimum absolute atomic E-state index is 0.0871. The van der Waals surface area contributed by atoms with E-state index in [0.29, 0.717) is 18.7 Å². The van der Waals surface area contributed by atoms with Crippen LogP contribution in [0.5, 0.6) is 0 Å². The molecule has 1 rings (SSSR count). The number of likely N-dealkylation sites (N-methyl/N-ethyl adjacent to an activating group) is 1. The van der Waals surface area contributed by atoms with E-state index in [1.807, 2.05) is 0 Å². The Morgan fingerprint density at radius 2 is 1.80 bits per heavy atom. The molecule has 0 aliphatic heterocycles. The Morgan fingerprint density at radius 1 is 1.15 bits per heavy atom. The highest BCUT2D eigenvalue weighted by atomic mass is 32.2. The molecule has 0 saturated carbocycles. The second-order valence-corrected chi connectivity index (χ2v) is 6.40. The van der Waals surface area contributed by atoms with Gasteiger partial charge < -0.3 is 10.0 Å². The summed E-state index contributed by atoms with van der Waals surface area (Å²) in [7, 11) is -3.46. The van der Waals surface area contributed by atoms with Crippen LogP contribution < -0.4 is 4.72 Å². The van der Waals surface area contributed by atoms with Crippen molar-refractivity contribution in [1.29, 1.82) is 0 Å². The van der Waals surface area contributed by atoms with Crippen LogP contribution in [0.3, 0.4) is 0 Å². The van der Waals surface area contributed by atoms with E-state index in [4.69, 9.17) is 5.11 Å². The maximum Gasteiger partial charge on any atom is 0.240 e. The van der Waals surface area contributed by atoms with E-state index < -0.39 is 10.0 Å². The zero-order chi connectivity index (χ0) is 15.0. The molecule has 0 aromatic heterocycles. The highest BCUT2D eigenvalue weighted by Crippen LogP contribution is 2.10. The number of sulfonamides is 1. The topological polar surface area (TPSA) is 69.6 Å². The molecule has 0 radical (unpaired) electrons. The first-order valence-electron chi connectivity index (χ1n) is 6.95. The Balaban J connectivity index is 2.56. The van der Waals surface area contributed by atoms with Gasteiger partial charge in [-0.1, -0.05) is 26.0 Å². The molecule has 20 heavy (non-hydrogen) atoms. The number of aliphatic hydroxyl groups excluding tert-OH is 1. The summed E-state index contributed by atoms with van der Waals surface area (Å²) >= 11 is 0. The number of hydrogen-bond acceptors (Lipinski definition) is 4. The molecule has 0 atom stereocenters.